The normalized spacial score (nSPS) is 30.6. The van der Waals surface area contributed by atoms with Crippen molar-refractivity contribution in [3.05, 3.63) is 18.2 Å². The second-order valence-electron chi connectivity index (χ2n) is 5.17. The van der Waals surface area contributed by atoms with Crippen LogP contribution in [0.5, 0.6) is 0 Å². The van der Waals surface area contributed by atoms with Crippen molar-refractivity contribution < 1.29 is 0 Å². The monoisotopic (exact) mass is 221 g/mol. The molecule has 1 saturated carbocycles. The molecule has 1 aliphatic rings. The van der Waals surface area contributed by atoms with Crippen LogP contribution in [0.25, 0.3) is 0 Å². The first-order valence-electron chi connectivity index (χ1n) is 6.42. The highest BCUT2D eigenvalue weighted by molar-refractivity contribution is 4.96. The number of nitrogens with two attached hydrogens (primary N) is 1. The number of imidazole rings is 1. The average Bonchev–Trinajstić information content (AvgIpc) is 2.68. The van der Waals surface area contributed by atoms with Gasteiger partial charge in [-0.05, 0) is 31.1 Å². The molecule has 0 aliphatic heterocycles. The van der Waals surface area contributed by atoms with Gasteiger partial charge in [0.25, 0.3) is 0 Å². The van der Waals surface area contributed by atoms with Gasteiger partial charge >= 0.3 is 0 Å². The molecule has 0 radical (unpaired) electrons. The summed E-state index contributed by atoms with van der Waals surface area (Å²) >= 11 is 0. The van der Waals surface area contributed by atoms with E-state index in [1.165, 1.54) is 31.5 Å². The molecular formula is C13H23N3. The predicted octanol–water partition coefficient (Wildman–Crippen LogP) is 2.12. The van der Waals surface area contributed by atoms with Crippen molar-refractivity contribution >= 4 is 0 Å². The van der Waals surface area contributed by atoms with Crippen LogP contribution in [0.1, 0.15) is 38.4 Å². The van der Waals surface area contributed by atoms with E-state index in [-0.39, 0.29) is 0 Å². The molecule has 1 aromatic rings. The molecule has 2 N–H and O–H groups in total. The van der Waals surface area contributed by atoms with E-state index in [2.05, 4.69) is 23.5 Å². The van der Waals surface area contributed by atoms with Crippen LogP contribution in [0.2, 0.25) is 0 Å². The van der Waals surface area contributed by atoms with Gasteiger partial charge in [0.2, 0.25) is 0 Å². The van der Waals surface area contributed by atoms with Crippen molar-refractivity contribution in [3.63, 3.8) is 0 Å². The van der Waals surface area contributed by atoms with Crippen molar-refractivity contribution in [1.82, 2.24) is 9.55 Å². The minimum Gasteiger partial charge on any atom is -0.338 e. The van der Waals surface area contributed by atoms with E-state index < -0.39 is 0 Å². The molecule has 3 nitrogen and oxygen atoms in total. The minimum atomic E-state index is 0.375. The molecule has 0 saturated heterocycles. The smallest absolute Gasteiger partial charge is 0.108 e. The van der Waals surface area contributed by atoms with Crippen LogP contribution in [-0.2, 0) is 13.5 Å². The van der Waals surface area contributed by atoms with Gasteiger partial charge in [0.1, 0.15) is 5.82 Å². The zero-order valence-corrected chi connectivity index (χ0v) is 10.4. The summed E-state index contributed by atoms with van der Waals surface area (Å²) in [5.41, 5.74) is 6.23. The summed E-state index contributed by atoms with van der Waals surface area (Å²) in [6.07, 6.45) is 10.0. The summed E-state index contributed by atoms with van der Waals surface area (Å²) in [5.74, 6) is 2.68. The number of rotatable bonds is 3. The quantitative estimate of drug-likeness (QED) is 0.849. The van der Waals surface area contributed by atoms with Gasteiger partial charge in [-0.3, -0.25) is 0 Å². The summed E-state index contributed by atoms with van der Waals surface area (Å²) in [5, 5.41) is 0. The zero-order chi connectivity index (χ0) is 11.5. The van der Waals surface area contributed by atoms with E-state index >= 15 is 0 Å². The molecular weight excluding hydrogens is 198 g/mol. The molecule has 3 unspecified atom stereocenters. The second-order valence-corrected chi connectivity index (χ2v) is 5.17. The largest absolute Gasteiger partial charge is 0.338 e. The van der Waals surface area contributed by atoms with Gasteiger partial charge in [0.15, 0.2) is 0 Å². The second kappa shape index (κ2) is 5.00. The SMILES string of the molecule is CCC1CCC(N)C(Cc2nccn2C)C1. The number of aromatic nitrogens is 2. The lowest BCUT2D eigenvalue weighted by Gasteiger charge is -2.33. The summed E-state index contributed by atoms with van der Waals surface area (Å²) in [6.45, 7) is 2.29. The van der Waals surface area contributed by atoms with E-state index in [0.29, 0.717) is 12.0 Å². The van der Waals surface area contributed by atoms with Crippen molar-refractivity contribution in [2.24, 2.45) is 24.6 Å². The van der Waals surface area contributed by atoms with Crippen molar-refractivity contribution in [3.8, 4) is 0 Å². The van der Waals surface area contributed by atoms with E-state index in [1.54, 1.807) is 0 Å². The van der Waals surface area contributed by atoms with Crippen LogP contribution >= 0.6 is 0 Å². The molecule has 2 rings (SSSR count). The Bertz CT molecular complexity index is 332. The molecule has 3 heteroatoms. The maximum absolute atomic E-state index is 6.23. The van der Waals surface area contributed by atoms with Gasteiger partial charge in [-0.25, -0.2) is 4.98 Å². The molecule has 0 spiro atoms. The highest BCUT2D eigenvalue weighted by Gasteiger charge is 2.28. The number of nitrogens with zero attached hydrogens (tertiary/aromatic N) is 2. The summed E-state index contributed by atoms with van der Waals surface area (Å²) in [4.78, 5) is 4.40. The maximum atomic E-state index is 6.23. The molecule has 1 aliphatic carbocycles. The fourth-order valence-electron chi connectivity index (χ4n) is 2.82. The van der Waals surface area contributed by atoms with Gasteiger partial charge in [-0.1, -0.05) is 13.3 Å². The minimum absolute atomic E-state index is 0.375. The summed E-state index contributed by atoms with van der Waals surface area (Å²) < 4.78 is 2.11. The molecule has 90 valence electrons. The lowest BCUT2D eigenvalue weighted by Crippen LogP contribution is -2.37. The topological polar surface area (TPSA) is 43.8 Å². The van der Waals surface area contributed by atoms with Crippen LogP contribution in [0.3, 0.4) is 0 Å². The van der Waals surface area contributed by atoms with Crippen LogP contribution in [-0.4, -0.2) is 15.6 Å². The Labute approximate surface area is 98.1 Å². The first-order chi connectivity index (χ1) is 7.70. The van der Waals surface area contributed by atoms with Crippen molar-refractivity contribution in [2.75, 3.05) is 0 Å². The third-order valence-electron chi connectivity index (χ3n) is 4.09. The molecule has 3 atom stereocenters. The van der Waals surface area contributed by atoms with Crippen LogP contribution < -0.4 is 5.73 Å². The number of aryl methyl sites for hydroxylation is 1. The molecule has 16 heavy (non-hydrogen) atoms. The Morgan fingerprint density at radius 2 is 2.31 bits per heavy atom. The summed E-state index contributed by atoms with van der Waals surface area (Å²) in [7, 11) is 2.06. The lowest BCUT2D eigenvalue weighted by atomic mass is 9.76. The fraction of sp³-hybridized carbons (Fsp3) is 0.769. The van der Waals surface area contributed by atoms with E-state index in [0.717, 1.165) is 12.3 Å². The molecule has 0 amide bonds. The van der Waals surface area contributed by atoms with Gasteiger partial charge in [-0.2, -0.15) is 0 Å². The van der Waals surface area contributed by atoms with Crippen molar-refractivity contribution in [2.45, 2.75) is 45.1 Å². The van der Waals surface area contributed by atoms with Gasteiger partial charge in [0, 0.05) is 31.9 Å². The van der Waals surface area contributed by atoms with Gasteiger partial charge in [-0.15, -0.1) is 0 Å². The Kier molecular flexibility index (Phi) is 3.64. The van der Waals surface area contributed by atoms with Gasteiger partial charge < -0.3 is 10.3 Å². The van der Waals surface area contributed by atoms with Crippen LogP contribution in [0, 0.1) is 11.8 Å². The average molecular weight is 221 g/mol. The van der Waals surface area contributed by atoms with Crippen LogP contribution in [0.4, 0.5) is 0 Å². The van der Waals surface area contributed by atoms with E-state index in [9.17, 15) is 0 Å². The first kappa shape index (κ1) is 11.6. The highest BCUT2D eigenvalue weighted by Crippen LogP contribution is 2.32. The predicted molar refractivity (Wildman–Crippen MR) is 66.0 cm³/mol. The third-order valence-corrected chi connectivity index (χ3v) is 4.09. The molecule has 1 heterocycles. The van der Waals surface area contributed by atoms with E-state index in [4.69, 9.17) is 5.73 Å². The van der Waals surface area contributed by atoms with Crippen LogP contribution in [0.15, 0.2) is 12.4 Å². The number of hydrogen-bond acceptors (Lipinski definition) is 2. The fourth-order valence-corrected chi connectivity index (χ4v) is 2.82. The molecule has 1 fully saturated rings. The third kappa shape index (κ3) is 2.46. The van der Waals surface area contributed by atoms with Crippen molar-refractivity contribution in [1.29, 1.82) is 0 Å². The lowest BCUT2D eigenvalue weighted by molar-refractivity contribution is 0.224. The standard InChI is InChI=1S/C13H23N3/c1-3-10-4-5-12(14)11(8-10)9-13-15-6-7-16(13)2/h6-7,10-12H,3-5,8-9,14H2,1-2H3. The Morgan fingerprint density at radius 3 is 2.94 bits per heavy atom. The van der Waals surface area contributed by atoms with Gasteiger partial charge in [0.05, 0.1) is 0 Å². The first-order valence-corrected chi connectivity index (χ1v) is 6.42. The zero-order valence-electron chi connectivity index (χ0n) is 10.4. The maximum Gasteiger partial charge on any atom is 0.108 e. The number of hydrogen-bond donors (Lipinski definition) is 1. The van der Waals surface area contributed by atoms with E-state index in [1.807, 2.05) is 12.4 Å². The highest BCUT2D eigenvalue weighted by atomic mass is 15.0. The Balaban J connectivity index is 1.99. The Hall–Kier alpha value is -0.830. The Morgan fingerprint density at radius 1 is 1.50 bits per heavy atom. The molecule has 0 bridgehead atoms. The summed E-state index contributed by atoms with van der Waals surface area (Å²) in [6, 6.07) is 0.375. The molecule has 0 aromatic carbocycles. The molecule has 1 aromatic heterocycles.